The van der Waals surface area contributed by atoms with E-state index in [-0.39, 0.29) is 22.5 Å². The molecular formula is C25H22F5N5O2. The largest absolute Gasteiger partial charge is 0.497 e. The zero-order valence-electron chi connectivity index (χ0n) is 19.7. The number of hydrogen-bond donors (Lipinski definition) is 2. The maximum absolute atomic E-state index is 15.6. The zero-order chi connectivity index (χ0) is 27.0. The second-order valence-corrected chi connectivity index (χ2v) is 8.31. The van der Waals surface area contributed by atoms with Crippen LogP contribution < -0.4 is 15.8 Å². The molecular weight excluding hydrogens is 497 g/mol. The highest BCUT2D eigenvalue weighted by molar-refractivity contribution is 5.94. The van der Waals surface area contributed by atoms with Crippen molar-refractivity contribution in [1.29, 1.82) is 0 Å². The van der Waals surface area contributed by atoms with Gasteiger partial charge in [-0.3, -0.25) is 4.79 Å². The number of benzene rings is 2. The van der Waals surface area contributed by atoms with Crippen LogP contribution in [-0.2, 0) is 5.92 Å². The summed E-state index contributed by atoms with van der Waals surface area (Å²) in [5.41, 5.74) is 5.91. The van der Waals surface area contributed by atoms with Crippen LogP contribution in [0.3, 0.4) is 0 Å². The van der Waals surface area contributed by atoms with Crippen LogP contribution in [0.5, 0.6) is 5.75 Å². The summed E-state index contributed by atoms with van der Waals surface area (Å²) >= 11 is 0. The van der Waals surface area contributed by atoms with E-state index in [0.717, 1.165) is 10.6 Å². The number of alkyl halides is 5. The van der Waals surface area contributed by atoms with Crippen LogP contribution in [0.1, 0.15) is 33.6 Å². The third-order valence-electron chi connectivity index (χ3n) is 5.75. The number of nitrogens with one attached hydrogen (secondary N) is 1. The Morgan fingerprint density at radius 1 is 1.08 bits per heavy atom. The van der Waals surface area contributed by atoms with E-state index < -0.39 is 36.7 Å². The van der Waals surface area contributed by atoms with Gasteiger partial charge in [-0.1, -0.05) is 6.07 Å². The Hall–Kier alpha value is -4.22. The van der Waals surface area contributed by atoms with Gasteiger partial charge in [-0.25, -0.2) is 9.50 Å². The first-order valence-corrected chi connectivity index (χ1v) is 11.0. The van der Waals surface area contributed by atoms with E-state index in [9.17, 15) is 18.0 Å². The highest BCUT2D eigenvalue weighted by atomic mass is 19.4. The summed E-state index contributed by atoms with van der Waals surface area (Å²) in [5.74, 6) is -3.85. The van der Waals surface area contributed by atoms with Crippen LogP contribution in [-0.4, -0.2) is 40.3 Å². The van der Waals surface area contributed by atoms with Crippen LogP contribution in [0.25, 0.3) is 16.9 Å². The van der Waals surface area contributed by atoms with Crippen molar-refractivity contribution in [2.45, 2.75) is 25.4 Å². The monoisotopic (exact) mass is 519 g/mol. The van der Waals surface area contributed by atoms with Crippen molar-refractivity contribution >= 4 is 17.2 Å². The molecule has 0 bridgehead atoms. The van der Waals surface area contributed by atoms with E-state index in [1.807, 2.05) is 0 Å². The molecule has 0 radical (unpaired) electrons. The number of nitrogens with two attached hydrogens (primary N) is 1. The molecule has 0 aliphatic rings. The Balaban J connectivity index is 1.85. The number of imidazole rings is 1. The third-order valence-corrected chi connectivity index (χ3v) is 5.75. The molecule has 1 amide bonds. The molecule has 12 heteroatoms. The Morgan fingerprint density at radius 3 is 2.38 bits per heavy atom. The summed E-state index contributed by atoms with van der Waals surface area (Å²) in [5, 5.41) is 6.69. The molecule has 0 atom stereocenters. The highest BCUT2D eigenvalue weighted by Crippen LogP contribution is 2.38. The summed E-state index contributed by atoms with van der Waals surface area (Å²) in [6.07, 6.45) is -4.25. The summed E-state index contributed by atoms with van der Waals surface area (Å²) in [7, 11) is 1.40. The second-order valence-electron chi connectivity index (χ2n) is 8.31. The average Bonchev–Trinajstić information content (AvgIpc) is 3.27. The summed E-state index contributed by atoms with van der Waals surface area (Å²) in [6.45, 7) is 1.11. The van der Waals surface area contributed by atoms with Gasteiger partial charge in [0.2, 0.25) is 5.91 Å². The van der Waals surface area contributed by atoms with Gasteiger partial charge in [0.1, 0.15) is 11.4 Å². The number of carbonyl (C=O) groups excluding carboxylic acids is 1. The fourth-order valence-electron chi connectivity index (χ4n) is 3.84. The molecule has 7 nitrogen and oxygen atoms in total. The number of ether oxygens (including phenoxy) is 1. The van der Waals surface area contributed by atoms with E-state index >= 15 is 8.78 Å². The molecule has 0 saturated carbocycles. The van der Waals surface area contributed by atoms with Crippen LogP contribution >= 0.6 is 0 Å². The molecule has 2 aromatic carbocycles. The van der Waals surface area contributed by atoms with Gasteiger partial charge in [-0.2, -0.15) is 27.1 Å². The topological polar surface area (TPSA) is 94.5 Å². The molecule has 4 rings (SSSR count). The fourth-order valence-corrected chi connectivity index (χ4v) is 3.84. The second kappa shape index (κ2) is 9.68. The number of aromatic nitrogens is 3. The van der Waals surface area contributed by atoms with Gasteiger partial charge in [0.15, 0.2) is 5.65 Å². The number of methoxy groups -OCH3 is 1. The van der Waals surface area contributed by atoms with Crippen molar-refractivity contribution in [2.75, 3.05) is 19.0 Å². The number of aryl methyl sites for hydroxylation is 1. The Morgan fingerprint density at radius 2 is 1.78 bits per heavy atom. The smallest absolute Gasteiger partial charge is 0.390 e. The van der Waals surface area contributed by atoms with Gasteiger partial charge < -0.3 is 15.8 Å². The molecule has 0 saturated heterocycles. The number of amides is 1. The lowest BCUT2D eigenvalue weighted by molar-refractivity contribution is -0.131. The van der Waals surface area contributed by atoms with Crippen molar-refractivity contribution in [2.24, 2.45) is 5.73 Å². The third kappa shape index (κ3) is 5.32. The fraction of sp³-hybridized carbons (Fsp3) is 0.240. The first-order valence-electron chi connectivity index (χ1n) is 11.0. The first kappa shape index (κ1) is 25.9. The van der Waals surface area contributed by atoms with E-state index in [1.54, 1.807) is 19.1 Å². The minimum absolute atomic E-state index is 0.0424. The number of halogens is 5. The molecule has 2 heterocycles. The van der Waals surface area contributed by atoms with E-state index in [4.69, 9.17) is 10.5 Å². The van der Waals surface area contributed by atoms with Gasteiger partial charge in [0.25, 0.3) is 0 Å². The van der Waals surface area contributed by atoms with Gasteiger partial charge in [-0.05, 0) is 55.0 Å². The molecule has 0 fully saturated rings. The van der Waals surface area contributed by atoms with E-state index in [0.29, 0.717) is 22.6 Å². The van der Waals surface area contributed by atoms with Crippen molar-refractivity contribution in [3.05, 3.63) is 77.1 Å². The van der Waals surface area contributed by atoms with E-state index in [2.05, 4.69) is 15.4 Å². The average molecular weight is 519 g/mol. The van der Waals surface area contributed by atoms with E-state index in [1.165, 1.54) is 43.6 Å². The van der Waals surface area contributed by atoms with Crippen molar-refractivity contribution in [3.8, 4) is 17.0 Å². The standard InChI is InChI=1S/C25H22F5N5O2/c1-14-11-15(3-8-18(14)22(31)36)20-13-33-23-19(32-10-9-24(26,27)28)12-21(34-35(20)23)25(29,30)16-4-6-17(37-2)7-5-16/h3-8,11-13,32H,9-10H2,1-2H3,(H2,31,36). The molecule has 0 unspecified atom stereocenters. The van der Waals surface area contributed by atoms with Crippen molar-refractivity contribution in [3.63, 3.8) is 0 Å². The maximum Gasteiger partial charge on any atom is 0.390 e. The predicted molar refractivity (Wildman–Crippen MR) is 127 cm³/mol. The molecule has 194 valence electrons. The van der Waals surface area contributed by atoms with Crippen molar-refractivity contribution < 1.29 is 31.5 Å². The normalized spacial score (nSPS) is 12.1. The SMILES string of the molecule is COc1ccc(C(F)(F)c2cc(NCCC(F)(F)F)c3ncc(-c4ccc(C(N)=O)c(C)c4)n3n2)cc1. The van der Waals surface area contributed by atoms with Crippen LogP contribution in [0.2, 0.25) is 0 Å². The van der Waals surface area contributed by atoms with Gasteiger partial charge in [-0.15, -0.1) is 0 Å². The number of carbonyl (C=O) groups is 1. The lowest BCUT2D eigenvalue weighted by atomic mass is 10.0. The van der Waals surface area contributed by atoms with Crippen LogP contribution in [0, 0.1) is 6.92 Å². The van der Waals surface area contributed by atoms with Crippen LogP contribution in [0.4, 0.5) is 27.6 Å². The quantitative estimate of drug-likeness (QED) is 0.308. The molecule has 0 spiro atoms. The Bertz CT molecular complexity index is 1450. The van der Waals surface area contributed by atoms with Gasteiger partial charge in [0.05, 0.1) is 31.1 Å². The number of hydrogen-bond acceptors (Lipinski definition) is 5. The minimum Gasteiger partial charge on any atom is -0.497 e. The van der Waals surface area contributed by atoms with Gasteiger partial charge >= 0.3 is 12.1 Å². The minimum atomic E-state index is -4.44. The predicted octanol–water partition coefficient (Wildman–Crippen LogP) is 5.32. The molecule has 3 N–H and O–H groups in total. The summed E-state index contributed by atoms with van der Waals surface area (Å²) in [6, 6.07) is 10.8. The number of anilines is 1. The van der Waals surface area contributed by atoms with Gasteiger partial charge in [0, 0.05) is 23.2 Å². The molecule has 0 aliphatic carbocycles. The maximum atomic E-state index is 15.6. The number of nitrogens with zero attached hydrogens (tertiary/aromatic N) is 3. The van der Waals surface area contributed by atoms with Crippen LogP contribution in [0.15, 0.2) is 54.7 Å². The first-order chi connectivity index (χ1) is 17.4. The number of fused-ring (bicyclic) bond motifs is 1. The summed E-state index contributed by atoms with van der Waals surface area (Å²) in [4.78, 5) is 15.8. The Labute approximate surface area is 208 Å². The number of primary amides is 1. The molecule has 0 aliphatic heterocycles. The Kier molecular flexibility index (Phi) is 6.76. The lowest BCUT2D eigenvalue weighted by Gasteiger charge is -2.19. The highest BCUT2D eigenvalue weighted by Gasteiger charge is 2.37. The lowest BCUT2D eigenvalue weighted by Crippen LogP contribution is -2.21. The molecule has 37 heavy (non-hydrogen) atoms. The zero-order valence-corrected chi connectivity index (χ0v) is 19.7. The molecule has 2 aromatic heterocycles. The van der Waals surface area contributed by atoms with Crippen molar-refractivity contribution in [1.82, 2.24) is 14.6 Å². The number of rotatable bonds is 8. The molecule has 4 aromatic rings. The summed E-state index contributed by atoms with van der Waals surface area (Å²) < 4.78 is 75.6.